The van der Waals surface area contributed by atoms with Crippen molar-refractivity contribution in [2.24, 2.45) is 0 Å². The third-order valence-corrected chi connectivity index (χ3v) is 3.97. The normalized spacial score (nSPS) is 11.7. The van der Waals surface area contributed by atoms with E-state index in [0.717, 1.165) is 6.07 Å². The van der Waals surface area contributed by atoms with Gasteiger partial charge < -0.3 is 4.74 Å². The highest BCUT2D eigenvalue weighted by molar-refractivity contribution is 7.12. The van der Waals surface area contributed by atoms with Gasteiger partial charge in [-0.2, -0.15) is 5.26 Å². The molecule has 0 spiro atoms. The maximum absolute atomic E-state index is 13.0. The number of carbonyl (C=O) groups is 1. The van der Waals surface area contributed by atoms with Crippen LogP contribution in [0.25, 0.3) is 0 Å². The zero-order valence-corrected chi connectivity index (χ0v) is 12.0. The number of rotatable bonds is 4. The van der Waals surface area contributed by atoms with E-state index in [-0.39, 0.29) is 10.8 Å². The molecule has 1 heterocycles. The van der Waals surface area contributed by atoms with Crippen molar-refractivity contribution in [1.29, 1.82) is 5.26 Å². The predicted molar refractivity (Wildman–Crippen MR) is 75.0 cm³/mol. The molecule has 0 saturated carbocycles. The lowest BCUT2D eigenvalue weighted by Gasteiger charge is -2.09. The molecule has 0 aliphatic heterocycles. The summed E-state index contributed by atoms with van der Waals surface area (Å²) in [5.74, 6) is -1.40. The molecule has 0 N–H and O–H groups in total. The lowest BCUT2D eigenvalue weighted by atomic mass is 9.95. The van der Waals surface area contributed by atoms with E-state index >= 15 is 0 Å². The molecule has 20 heavy (non-hydrogen) atoms. The Morgan fingerprint density at radius 1 is 1.50 bits per heavy atom. The first-order valence-corrected chi connectivity index (χ1v) is 6.84. The maximum Gasteiger partial charge on any atom is 0.194 e. The third-order valence-electron chi connectivity index (χ3n) is 2.72. The Kier molecular flexibility index (Phi) is 4.38. The molecule has 1 aromatic carbocycles. The number of ether oxygens (including phenoxy) is 1. The standard InChI is InChI=1S/C14H9ClFNO2S/c1-19-9-5-13(20-7-9)14(18)11(6-17)10-3-2-8(16)4-12(10)15/h2-5,7,11H,1H3. The van der Waals surface area contributed by atoms with Gasteiger partial charge in [0.25, 0.3) is 0 Å². The molecule has 3 nitrogen and oxygen atoms in total. The zero-order valence-electron chi connectivity index (χ0n) is 10.4. The number of benzene rings is 1. The van der Waals surface area contributed by atoms with Crippen molar-refractivity contribution in [3.63, 3.8) is 0 Å². The fourth-order valence-corrected chi connectivity index (χ4v) is 2.80. The van der Waals surface area contributed by atoms with Gasteiger partial charge in [-0.1, -0.05) is 17.7 Å². The Morgan fingerprint density at radius 2 is 2.25 bits per heavy atom. The molecule has 102 valence electrons. The van der Waals surface area contributed by atoms with Crippen molar-refractivity contribution >= 4 is 28.7 Å². The fourth-order valence-electron chi connectivity index (χ4n) is 1.70. The number of nitrogens with zero attached hydrogens (tertiary/aromatic N) is 1. The van der Waals surface area contributed by atoms with Crippen molar-refractivity contribution in [1.82, 2.24) is 0 Å². The molecule has 2 rings (SSSR count). The van der Waals surface area contributed by atoms with E-state index in [2.05, 4.69) is 0 Å². The van der Waals surface area contributed by atoms with Crippen LogP contribution in [0.5, 0.6) is 5.75 Å². The summed E-state index contributed by atoms with van der Waals surface area (Å²) in [6.07, 6.45) is 0. The molecule has 0 aliphatic carbocycles. The van der Waals surface area contributed by atoms with Crippen LogP contribution in [0.2, 0.25) is 5.02 Å². The number of nitriles is 1. The summed E-state index contributed by atoms with van der Waals surface area (Å²) in [6, 6.07) is 7.09. The summed E-state index contributed by atoms with van der Waals surface area (Å²) >= 11 is 7.09. The van der Waals surface area contributed by atoms with Gasteiger partial charge in [0.2, 0.25) is 0 Å². The van der Waals surface area contributed by atoms with Gasteiger partial charge in [0.1, 0.15) is 17.5 Å². The van der Waals surface area contributed by atoms with E-state index in [0.29, 0.717) is 16.2 Å². The van der Waals surface area contributed by atoms with Crippen LogP contribution in [0.4, 0.5) is 4.39 Å². The summed E-state index contributed by atoms with van der Waals surface area (Å²) in [7, 11) is 1.49. The molecule has 0 saturated heterocycles. The van der Waals surface area contributed by atoms with Gasteiger partial charge in [-0.25, -0.2) is 4.39 Å². The Balaban J connectivity index is 2.37. The first-order chi connectivity index (χ1) is 9.56. The second kappa shape index (κ2) is 6.04. The van der Waals surface area contributed by atoms with Crippen LogP contribution in [0.1, 0.15) is 21.2 Å². The van der Waals surface area contributed by atoms with Gasteiger partial charge in [0, 0.05) is 16.5 Å². The molecule has 0 aliphatic rings. The molecule has 0 fully saturated rings. The van der Waals surface area contributed by atoms with Crippen LogP contribution in [0.15, 0.2) is 29.6 Å². The molecular formula is C14H9ClFNO2S. The van der Waals surface area contributed by atoms with E-state index in [4.69, 9.17) is 16.3 Å². The molecule has 6 heteroatoms. The van der Waals surface area contributed by atoms with E-state index in [1.54, 1.807) is 11.4 Å². The van der Waals surface area contributed by atoms with Crippen LogP contribution < -0.4 is 4.74 Å². The Labute approximate surface area is 124 Å². The topological polar surface area (TPSA) is 50.1 Å². The zero-order chi connectivity index (χ0) is 14.7. The number of carbonyl (C=O) groups excluding carboxylic acids is 1. The van der Waals surface area contributed by atoms with Crippen LogP contribution in [0, 0.1) is 17.1 Å². The van der Waals surface area contributed by atoms with Gasteiger partial charge in [0.15, 0.2) is 5.78 Å². The number of ketones is 1. The van der Waals surface area contributed by atoms with E-state index < -0.39 is 11.7 Å². The summed E-state index contributed by atoms with van der Waals surface area (Å²) in [6.45, 7) is 0. The minimum Gasteiger partial charge on any atom is -0.496 e. The first-order valence-electron chi connectivity index (χ1n) is 5.58. The Bertz CT molecular complexity index is 693. The summed E-state index contributed by atoms with van der Waals surface area (Å²) in [5, 5.41) is 11.0. The van der Waals surface area contributed by atoms with Crippen molar-refractivity contribution in [2.75, 3.05) is 7.11 Å². The van der Waals surface area contributed by atoms with Crippen molar-refractivity contribution in [3.8, 4) is 11.8 Å². The highest BCUT2D eigenvalue weighted by atomic mass is 35.5. The maximum atomic E-state index is 13.0. The van der Waals surface area contributed by atoms with Crippen LogP contribution >= 0.6 is 22.9 Å². The average molecular weight is 310 g/mol. The summed E-state index contributed by atoms with van der Waals surface area (Å²) in [4.78, 5) is 12.7. The van der Waals surface area contributed by atoms with Crippen LogP contribution in [0.3, 0.4) is 0 Å². The fraction of sp³-hybridized carbons (Fsp3) is 0.143. The minimum absolute atomic E-state index is 0.0634. The lowest BCUT2D eigenvalue weighted by molar-refractivity contribution is 0.0982. The molecule has 1 aromatic heterocycles. The van der Waals surface area contributed by atoms with Crippen molar-refractivity contribution in [3.05, 3.63) is 50.9 Å². The summed E-state index contributed by atoms with van der Waals surface area (Å²) < 4.78 is 18.0. The van der Waals surface area contributed by atoms with Crippen molar-refractivity contribution < 1.29 is 13.9 Å². The first kappa shape index (κ1) is 14.5. The Hall–Kier alpha value is -1.90. The SMILES string of the molecule is COc1csc(C(=O)C(C#N)c2ccc(F)cc2Cl)c1. The predicted octanol–water partition coefficient (Wildman–Crippen LogP) is 4.04. The molecular weight excluding hydrogens is 301 g/mol. The summed E-state index contributed by atoms with van der Waals surface area (Å²) in [5.41, 5.74) is 0.299. The second-order valence-corrected chi connectivity index (χ2v) is 5.26. The van der Waals surface area contributed by atoms with Crippen LogP contribution in [-0.4, -0.2) is 12.9 Å². The number of thiophene rings is 1. The van der Waals surface area contributed by atoms with Gasteiger partial charge >= 0.3 is 0 Å². The smallest absolute Gasteiger partial charge is 0.194 e. The minimum atomic E-state index is -1.06. The number of hydrogen-bond donors (Lipinski definition) is 0. The van der Waals surface area contributed by atoms with Crippen LogP contribution in [-0.2, 0) is 0 Å². The molecule has 2 aromatic rings. The molecule has 0 bridgehead atoms. The third kappa shape index (κ3) is 2.82. The number of Topliss-reactive ketones (excluding diaryl/α,β-unsaturated/α-hetero) is 1. The highest BCUT2D eigenvalue weighted by Crippen LogP contribution is 2.31. The van der Waals surface area contributed by atoms with Gasteiger partial charge in [-0.05, 0) is 17.7 Å². The van der Waals surface area contributed by atoms with E-state index in [1.807, 2.05) is 6.07 Å². The van der Waals surface area contributed by atoms with Crippen molar-refractivity contribution in [2.45, 2.75) is 5.92 Å². The largest absolute Gasteiger partial charge is 0.496 e. The molecule has 0 radical (unpaired) electrons. The molecule has 0 amide bonds. The highest BCUT2D eigenvalue weighted by Gasteiger charge is 2.25. The Morgan fingerprint density at radius 3 is 2.80 bits per heavy atom. The average Bonchev–Trinajstić information content (AvgIpc) is 2.90. The monoisotopic (exact) mass is 309 g/mol. The lowest BCUT2D eigenvalue weighted by Crippen LogP contribution is -2.10. The van der Waals surface area contributed by atoms with Gasteiger partial charge in [-0.3, -0.25) is 4.79 Å². The second-order valence-electron chi connectivity index (χ2n) is 3.94. The molecule has 1 atom stereocenters. The van der Waals surface area contributed by atoms with E-state index in [1.165, 1.54) is 30.6 Å². The number of halogens is 2. The number of methoxy groups -OCH3 is 1. The molecule has 1 unspecified atom stereocenters. The van der Waals surface area contributed by atoms with Gasteiger partial charge in [-0.15, -0.1) is 11.3 Å². The van der Waals surface area contributed by atoms with Gasteiger partial charge in [0.05, 0.1) is 18.1 Å². The number of hydrogen-bond acceptors (Lipinski definition) is 4. The quantitative estimate of drug-likeness (QED) is 0.801. The van der Waals surface area contributed by atoms with E-state index in [9.17, 15) is 14.4 Å².